The minimum absolute atomic E-state index is 0.109. The van der Waals surface area contributed by atoms with E-state index < -0.39 is 11.9 Å². The van der Waals surface area contributed by atoms with Crippen LogP contribution in [0.4, 0.5) is 10.1 Å². The van der Waals surface area contributed by atoms with E-state index in [9.17, 15) is 14.4 Å². The third-order valence-corrected chi connectivity index (χ3v) is 7.06. The van der Waals surface area contributed by atoms with Crippen LogP contribution in [0, 0.1) is 29.8 Å². The molecule has 1 fully saturated rings. The van der Waals surface area contributed by atoms with Crippen molar-refractivity contribution in [2.45, 2.75) is 19.3 Å². The molecule has 0 aliphatic heterocycles. The largest absolute Gasteiger partial charge is 0.478 e. The molecule has 0 atom stereocenters. The van der Waals surface area contributed by atoms with Gasteiger partial charge in [0.25, 0.3) is 0 Å². The normalized spacial score (nSPS) is 14.1. The van der Waals surface area contributed by atoms with E-state index in [2.05, 4.69) is 21.1 Å². The molecular weight excluding hydrogens is 503 g/mol. The van der Waals surface area contributed by atoms with Gasteiger partial charge in [0, 0.05) is 16.7 Å². The van der Waals surface area contributed by atoms with E-state index in [-0.39, 0.29) is 16.9 Å². The lowest BCUT2D eigenvalue weighted by molar-refractivity contribution is -0.131. The number of aromatic amines is 1. The summed E-state index contributed by atoms with van der Waals surface area (Å²) in [6.07, 6.45) is 5.39. The Labute approximate surface area is 223 Å². The van der Waals surface area contributed by atoms with Crippen molar-refractivity contribution in [3.05, 3.63) is 111 Å². The molecule has 186 valence electrons. The Morgan fingerprint density at radius 3 is 2.55 bits per heavy atom. The Balaban J connectivity index is 1.86. The molecule has 1 aliphatic carbocycles. The van der Waals surface area contributed by atoms with Crippen LogP contribution < -0.4 is 0 Å². The van der Waals surface area contributed by atoms with E-state index in [1.165, 1.54) is 6.08 Å². The SMILES string of the molecule is [C-]#[N+]c1cc(Cl)ccc1/C(=C(\c1ccc(/C=C/C(=O)O)cc1)c1ccc2n[nH]c(F)c2c1C#N)C1CCC1. The summed E-state index contributed by atoms with van der Waals surface area (Å²) >= 11 is 6.23. The Morgan fingerprint density at radius 2 is 1.92 bits per heavy atom. The Bertz CT molecular complexity index is 1720. The molecule has 0 unspecified atom stereocenters. The number of aliphatic carboxylic acids is 1. The van der Waals surface area contributed by atoms with Crippen LogP contribution in [0.1, 0.15) is 47.1 Å². The van der Waals surface area contributed by atoms with Crippen LogP contribution in [0.2, 0.25) is 5.02 Å². The molecule has 0 radical (unpaired) electrons. The maximum Gasteiger partial charge on any atom is 0.328 e. The zero-order chi connectivity index (χ0) is 26.8. The summed E-state index contributed by atoms with van der Waals surface area (Å²) in [5.74, 6) is -1.62. The van der Waals surface area contributed by atoms with Gasteiger partial charge in [-0.1, -0.05) is 54.4 Å². The van der Waals surface area contributed by atoms with Crippen molar-refractivity contribution in [2.24, 2.45) is 5.92 Å². The highest BCUT2D eigenvalue weighted by Crippen LogP contribution is 2.48. The fourth-order valence-corrected chi connectivity index (χ4v) is 5.03. The summed E-state index contributed by atoms with van der Waals surface area (Å²) in [5.41, 5.74) is 5.19. The van der Waals surface area contributed by atoms with E-state index in [4.69, 9.17) is 23.3 Å². The molecule has 0 bridgehead atoms. The van der Waals surface area contributed by atoms with Crippen LogP contribution >= 0.6 is 11.6 Å². The number of hydrogen-bond acceptors (Lipinski definition) is 3. The van der Waals surface area contributed by atoms with Gasteiger partial charge in [0.1, 0.15) is 6.07 Å². The fourth-order valence-electron chi connectivity index (χ4n) is 4.86. The second kappa shape index (κ2) is 10.3. The van der Waals surface area contributed by atoms with E-state index in [1.54, 1.807) is 36.4 Å². The van der Waals surface area contributed by atoms with Gasteiger partial charge in [-0.2, -0.15) is 14.8 Å². The highest BCUT2D eigenvalue weighted by Gasteiger charge is 2.30. The van der Waals surface area contributed by atoms with Crippen LogP contribution in [0.25, 0.3) is 33.0 Å². The van der Waals surface area contributed by atoms with Gasteiger partial charge >= 0.3 is 5.97 Å². The van der Waals surface area contributed by atoms with Crippen molar-refractivity contribution < 1.29 is 14.3 Å². The topological polar surface area (TPSA) is 94.1 Å². The maximum absolute atomic E-state index is 14.8. The van der Waals surface area contributed by atoms with Gasteiger partial charge in [0.15, 0.2) is 5.69 Å². The second-order valence-electron chi connectivity index (χ2n) is 9.01. The number of allylic oxidation sites excluding steroid dienone is 1. The Kier molecular flexibility index (Phi) is 6.79. The van der Waals surface area contributed by atoms with E-state index >= 15 is 0 Å². The van der Waals surface area contributed by atoms with Crippen molar-refractivity contribution >= 4 is 51.4 Å². The minimum Gasteiger partial charge on any atom is -0.478 e. The molecule has 1 saturated carbocycles. The first-order valence-corrected chi connectivity index (χ1v) is 12.3. The van der Waals surface area contributed by atoms with Gasteiger partial charge in [-0.3, -0.25) is 5.10 Å². The predicted octanol–water partition coefficient (Wildman–Crippen LogP) is 7.63. The molecule has 38 heavy (non-hydrogen) atoms. The summed E-state index contributed by atoms with van der Waals surface area (Å²) in [7, 11) is 0. The number of nitrogens with zero attached hydrogens (tertiary/aromatic N) is 3. The van der Waals surface area contributed by atoms with E-state index in [0.717, 1.165) is 47.6 Å². The quantitative estimate of drug-likeness (QED) is 0.154. The number of H-pyrrole nitrogens is 1. The Hall–Kier alpha value is -4.72. The standard InChI is InChI=1S/C30H20ClFN4O2/c1-34-25-15-20(31)10-11-22(25)28(18-3-2-4-18)27(19-8-5-17(6-9-19)7-14-26(37)38)21-12-13-24-29(23(21)16-33)30(32)36-35-24/h5-15,18H,2-4H2,(H,35,36)(H,37,38)/b14-7+,28-27+. The van der Waals surface area contributed by atoms with Crippen LogP contribution in [-0.4, -0.2) is 21.3 Å². The van der Waals surface area contributed by atoms with Gasteiger partial charge in [-0.25, -0.2) is 9.64 Å². The summed E-state index contributed by atoms with van der Waals surface area (Å²) in [6.45, 7) is 7.82. The predicted molar refractivity (Wildman–Crippen MR) is 145 cm³/mol. The average Bonchev–Trinajstić information content (AvgIpc) is 3.27. The van der Waals surface area contributed by atoms with Gasteiger partial charge in [0.05, 0.1) is 23.0 Å². The van der Waals surface area contributed by atoms with Crippen molar-refractivity contribution in [1.82, 2.24) is 10.2 Å². The molecule has 1 aliphatic rings. The molecule has 1 aromatic heterocycles. The van der Waals surface area contributed by atoms with Gasteiger partial charge in [0.2, 0.25) is 5.95 Å². The number of aromatic nitrogens is 2. The lowest BCUT2D eigenvalue weighted by Crippen LogP contribution is -2.15. The fraction of sp³-hybridized carbons (Fsp3) is 0.133. The highest BCUT2D eigenvalue weighted by atomic mass is 35.5. The molecule has 2 N–H and O–H groups in total. The minimum atomic E-state index is -1.05. The number of hydrogen-bond donors (Lipinski definition) is 2. The van der Waals surface area contributed by atoms with Crippen molar-refractivity contribution in [3.8, 4) is 6.07 Å². The number of halogens is 2. The van der Waals surface area contributed by atoms with E-state index in [0.29, 0.717) is 27.4 Å². The zero-order valence-electron chi connectivity index (χ0n) is 20.0. The summed E-state index contributed by atoms with van der Waals surface area (Å²) in [6, 6.07) is 18.1. The van der Waals surface area contributed by atoms with E-state index in [1.807, 2.05) is 18.2 Å². The smallest absolute Gasteiger partial charge is 0.328 e. The summed E-state index contributed by atoms with van der Waals surface area (Å²) in [4.78, 5) is 14.7. The highest BCUT2D eigenvalue weighted by molar-refractivity contribution is 6.31. The maximum atomic E-state index is 14.8. The first-order chi connectivity index (χ1) is 18.4. The number of carboxylic acids is 1. The van der Waals surface area contributed by atoms with Crippen molar-refractivity contribution in [3.63, 3.8) is 0 Å². The van der Waals surface area contributed by atoms with Gasteiger partial charge in [-0.05, 0) is 70.9 Å². The van der Waals surface area contributed by atoms with Gasteiger partial charge < -0.3 is 5.11 Å². The molecule has 1 heterocycles. The number of benzene rings is 3. The molecule has 0 saturated heterocycles. The lowest BCUT2D eigenvalue weighted by Gasteiger charge is -2.32. The van der Waals surface area contributed by atoms with Crippen molar-refractivity contribution in [1.29, 1.82) is 5.26 Å². The molecule has 3 aromatic carbocycles. The molecule has 6 nitrogen and oxygen atoms in total. The number of carboxylic acid groups (broad SMARTS) is 1. The molecule has 8 heteroatoms. The summed E-state index contributed by atoms with van der Waals surface area (Å²) < 4.78 is 14.8. The number of nitriles is 1. The lowest BCUT2D eigenvalue weighted by atomic mass is 9.72. The zero-order valence-corrected chi connectivity index (χ0v) is 20.8. The molecule has 0 spiro atoms. The first kappa shape index (κ1) is 25.0. The average molecular weight is 523 g/mol. The molecular formula is C30H20ClFN4O2. The van der Waals surface area contributed by atoms with Crippen LogP contribution in [0.5, 0.6) is 0 Å². The Morgan fingerprint density at radius 1 is 1.18 bits per heavy atom. The van der Waals surface area contributed by atoms with Crippen LogP contribution in [0.3, 0.4) is 0 Å². The monoisotopic (exact) mass is 522 g/mol. The number of fused-ring (bicyclic) bond motifs is 1. The summed E-state index contributed by atoms with van der Waals surface area (Å²) in [5, 5.41) is 26.0. The number of nitrogens with one attached hydrogen (secondary N) is 1. The number of rotatable bonds is 6. The molecule has 5 rings (SSSR count). The second-order valence-corrected chi connectivity index (χ2v) is 9.45. The van der Waals surface area contributed by atoms with Gasteiger partial charge in [-0.15, -0.1) is 0 Å². The van der Waals surface area contributed by atoms with Crippen LogP contribution in [0.15, 0.2) is 60.7 Å². The molecule has 4 aromatic rings. The molecule has 0 amide bonds. The third-order valence-electron chi connectivity index (χ3n) is 6.83. The van der Waals surface area contributed by atoms with Crippen molar-refractivity contribution in [2.75, 3.05) is 0 Å². The first-order valence-electron chi connectivity index (χ1n) is 11.9. The third kappa shape index (κ3) is 4.56. The van der Waals surface area contributed by atoms with Crippen LogP contribution in [-0.2, 0) is 4.79 Å². The number of carbonyl (C=O) groups is 1.